The standard InChI is InChI=1S/C24H20F3N3O4S/c25-24(26,27)18-10-15(3-2-14(18)12-28)29-21(32)23(7-1-8-23)30(22(29)35)16-4-5-19-20(11-16)33-13-17(34-19)6-9-31/h2-5,10-11,17,31H,1,6-9,13H2/t17-/m1/s1. The van der Waals surface area contributed by atoms with E-state index in [1.54, 1.807) is 29.2 Å². The number of alkyl halides is 3. The van der Waals surface area contributed by atoms with Crippen LogP contribution in [0.25, 0.3) is 0 Å². The predicted molar refractivity (Wildman–Crippen MR) is 123 cm³/mol. The molecule has 0 bridgehead atoms. The molecule has 182 valence electrons. The third kappa shape index (κ3) is 3.68. The number of hydrogen-bond acceptors (Lipinski definition) is 6. The first kappa shape index (κ1) is 23.4. The molecule has 0 aromatic heterocycles. The first-order valence-electron chi connectivity index (χ1n) is 11.0. The molecular formula is C24H20F3N3O4S. The van der Waals surface area contributed by atoms with Crippen molar-refractivity contribution in [2.75, 3.05) is 23.0 Å². The molecule has 7 nitrogen and oxygen atoms in total. The van der Waals surface area contributed by atoms with Crippen molar-refractivity contribution in [3.8, 4) is 17.6 Å². The Kier molecular flexibility index (Phi) is 5.61. The van der Waals surface area contributed by atoms with Crippen LogP contribution in [0.1, 0.15) is 36.8 Å². The summed E-state index contributed by atoms with van der Waals surface area (Å²) in [5, 5.41) is 18.3. The number of halogens is 3. The van der Waals surface area contributed by atoms with Crippen LogP contribution in [0.2, 0.25) is 0 Å². The van der Waals surface area contributed by atoms with E-state index in [-0.39, 0.29) is 30.1 Å². The predicted octanol–water partition coefficient (Wildman–Crippen LogP) is 4.16. The van der Waals surface area contributed by atoms with Crippen molar-refractivity contribution in [1.29, 1.82) is 5.26 Å². The minimum absolute atomic E-state index is 0.0324. The number of thiocarbonyl (C=S) groups is 1. The van der Waals surface area contributed by atoms with Crippen molar-refractivity contribution < 1.29 is 32.5 Å². The molecule has 2 aliphatic heterocycles. The van der Waals surface area contributed by atoms with Gasteiger partial charge in [0.15, 0.2) is 16.6 Å². The molecule has 35 heavy (non-hydrogen) atoms. The number of carbonyl (C=O) groups excluding carboxylic acids is 1. The van der Waals surface area contributed by atoms with Crippen molar-refractivity contribution in [3.63, 3.8) is 0 Å². The molecule has 2 aromatic carbocycles. The third-order valence-corrected chi connectivity index (χ3v) is 7.00. The lowest BCUT2D eigenvalue weighted by atomic mass is 9.75. The Balaban J connectivity index is 1.53. The van der Waals surface area contributed by atoms with E-state index in [0.717, 1.165) is 23.5 Å². The smallest absolute Gasteiger partial charge is 0.417 e. The van der Waals surface area contributed by atoms with E-state index in [1.165, 1.54) is 6.07 Å². The van der Waals surface area contributed by atoms with Crippen molar-refractivity contribution in [3.05, 3.63) is 47.5 Å². The molecule has 2 heterocycles. The van der Waals surface area contributed by atoms with Crippen molar-refractivity contribution in [2.24, 2.45) is 0 Å². The SMILES string of the molecule is N#Cc1ccc(N2C(=O)C3(CCC3)N(c3ccc4c(c3)OC[C@@H](CCO)O4)C2=S)cc1C(F)(F)F. The molecule has 1 amide bonds. The summed E-state index contributed by atoms with van der Waals surface area (Å²) in [5.41, 5.74) is -2.11. The average Bonchev–Trinajstić information content (AvgIpc) is 3.04. The second kappa shape index (κ2) is 8.39. The summed E-state index contributed by atoms with van der Waals surface area (Å²) in [6.07, 6.45) is -2.85. The van der Waals surface area contributed by atoms with Gasteiger partial charge in [-0.25, -0.2) is 0 Å². The maximum Gasteiger partial charge on any atom is 0.417 e. The van der Waals surface area contributed by atoms with Gasteiger partial charge in [0.2, 0.25) is 0 Å². The molecule has 1 aliphatic carbocycles. The molecule has 2 aromatic rings. The Labute approximate surface area is 204 Å². The van der Waals surface area contributed by atoms with E-state index >= 15 is 0 Å². The van der Waals surface area contributed by atoms with Crippen LogP contribution in [0.5, 0.6) is 11.5 Å². The van der Waals surface area contributed by atoms with Gasteiger partial charge in [-0.3, -0.25) is 9.69 Å². The lowest BCUT2D eigenvalue weighted by molar-refractivity contribution is -0.137. The zero-order chi connectivity index (χ0) is 25.0. The molecule has 0 unspecified atom stereocenters. The molecule has 1 spiro atoms. The number of nitriles is 1. The lowest BCUT2D eigenvalue weighted by Gasteiger charge is -2.43. The first-order valence-corrected chi connectivity index (χ1v) is 11.4. The molecule has 5 rings (SSSR count). The number of anilines is 2. The van der Waals surface area contributed by atoms with Crippen LogP contribution in [0.4, 0.5) is 24.5 Å². The van der Waals surface area contributed by atoms with Gasteiger partial charge in [0, 0.05) is 24.8 Å². The van der Waals surface area contributed by atoms with Gasteiger partial charge in [-0.1, -0.05) is 0 Å². The number of amides is 1. The molecule has 1 saturated carbocycles. The topological polar surface area (TPSA) is 86.0 Å². The number of hydrogen-bond donors (Lipinski definition) is 1. The molecule has 1 atom stereocenters. The molecule has 11 heteroatoms. The van der Waals surface area contributed by atoms with Gasteiger partial charge in [0.1, 0.15) is 18.2 Å². The number of ether oxygens (including phenoxy) is 2. The van der Waals surface area contributed by atoms with E-state index in [0.29, 0.717) is 36.4 Å². The van der Waals surface area contributed by atoms with E-state index in [4.69, 9.17) is 32.1 Å². The Hall–Kier alpha value is -3.36. The Morgan fingerprint density at radius 2 is 1.91 bits per heavy atom. The highest BCUT2D eigenvalue weighted by Crippen LogP contribution is 2.49. The zero-order valence-electron chi connectivity index (χ0n) is 18.3. The molecule has 0 radical (unpaired) electrons. The minimum atomic E-state index is -4.76. The highest BCUT2D eigenvalue weighted by Gasteiger charge is 2.59. The largest absolute Gasteiger partial charge is 0.486 e. The van der Waals surface area contributed by atoms with Crippen molar-refractivity contribution in [2.45, 2.75) is 43.5 Å². The summed E-state index contributed by atoms with van der Waals surface area (Å²) < 4.78 is 52.3. The van der Waals surface area contributed by atoms with E-state index < -0.39 is 28.7 Å². The van der Waals surface area contributed by atoms with E-state index in [1.807, 2.05) is 0 Å². The molecule has 1 N–H and O–H groups in total. The highest BCUT2D eigenvalue weighted by atomic mass is 32.1. The molecular weight excluding hydrogens is 483 g/mol. The van der Waals surface area contributed by atoms with Crippen molar-refractivity contribution in [1.82, 2.24) is 0 Å². The van der Waals surface area contributed by atoms with E-state index in [9.17, 15) is 18.0 Å². The second-order valence-corrected chi connectivity index (χ2v) is 9.04. The maximum absolute atomic E-state index is 13.6. The summed E-state index contributed by atoms with van der Waals surface area (Å²) in [5.74, 6) is 0.554. The van der Waals surface area contributed by atoms with Crippen LogP contribution >= 0.6 is 12.2 Å². The first-order chi connectivity index (χ1) is 16.7. The van der Waals surface area contributed by atoms with Gasteiger partial charge in [-0.15, -0.1) is 0 Å². The summed E-state index contributed by atoms with van der Waals surface area (Å²) in [4.78, 5) is 16.4. The van der Waals surface area contributed by atoms with Gasteiger partial charge in [-0.2, -0.15) is 18.4 Å². The van der Waals surface area contributed by atoms with Gasteiger partial charge in [0.05, 0.1) is 22.9 Å². The molecule has 3 aliphatic rings. The molecule has 1 saturated heterocycles. The van der Waals surface area contributed by atoms with Crippen LogP contribution < -0.4 is 19.3 Å². The fourth-order valence-electron chi connectivity index (χ4n) is 4.74. The quantitative estimate of drug-likeness (QED) is 0.627. The number of benzene rings is 2. The molecule has 2 fully saturated rings. The monoisotopic (exact) mass is 503 g/mol. The van der Waals surface area contributed by atoms with Gasteiger partial charge in [0.25, 0.3) is 5.91 Å². The lowest BCUT2D eigenvalue weighted by Crippen LogP contribution is -2.55. The fraction of sp³-hybridized carbons (Fsp3) is 0.375. The van der Waals surface area contributed by atoms with Gasteiger partial charge >= 0.3 is 6.18 Å². The highest BCUT2D eigenvalue weighted by molar-refractivity contribution is 7.81. The Bertz CT molecular complexity index is 1260. The normalized spacial score (nSPS) is 20.7. The number of aliphatic hydroxyl groups is 1. The van der Waals surface area contributed by atoms with Crippen molar-refractivity contribution >= 4 is 34.6 Å². The van der Waals surface area contributed by atoms with Crippen LogP contribution in [0.15, 0.2) is 36.4 Å². The van der Waals surface area contributed by atoms with Crippen LogP contribution in [0, 0.1) is 11.3 Å². The maximum atomic E-state index is 13.6. The van der Waals surface area contributed by atoms with Gasteiger partial charge in [-0.05, 0) is 61.8 Å². The number of aliphatic hydroxyl groups excluding tert-OH is 1. The fourth-order valence-corrected chi connectivity index (χ4v) is 5.21. The van der Waals surface area contributed by atoms with Crippen LogP contribution in [-0.4, -0.2) is 41.0 Å². The number of fused-ring (bicyclic) bond motifs is 1. The Morgan fingerprint density at radius 1 is 1.17 bits per heavy atom. The second-order valence-electron chi connectivity index (χ2n) is 8.68. The summed E-state index contributed by atoms with van der Waals surface area (Å²) in [6.45, 7) is 0.221. The third-order valence-electron chi connectivity index (χ3n) is 6.63. The summed E-state index contributed by atoms with van der Waals surface area (Å²) in [7, 11) is 0. The van der Waals surface area contributed by atoms with Gasteiger partial charge < -0.3 is 19.5 Å². The van der Waals surface area contributed by atoms with E-state index in [2.05, 4.69) is 0 Å². The number of rotatable bonds is 4. The summed E-state index contributed by atoms with van der Waals surface area (Å²) in [6, 6.07) is 9.83. The average molecular weight is 504 g/mol. The van der Waals surface area contributed by atoms with Crippen LogP contribution in [-0.2, 0) is 11.0 Å². The summed E-state index contributed by atoms with van der Waals surface area (Å²) >= 11 is 5.64. The number of nitrogens with zero attached hydrogens (tertiary/aromatic N) is 3. The van der Waals surface area contributed by atoms with Crippen LogP contribution in [0.3, 0.4) is 0 Å². The zero-order valence-corrected chi connectivity index (χ0v) is 19.2. The minimum Gasteiger partial charge on any atom is -0.486 e. The Morgan fingerprint density at radius 3 is 2.54 bits per heavy atom. The number of carbonyl (C=O) groups is 1.